The third-order valence-electron chi connectivity index (χ3n) is 11.5. The van der Waals surface area contributed by atoms with Crippen LogP contribution in [0.5, 0.6) is 0 Å². The average Bonchev–Trinajstić information content (AvgIpc) is 3.05. The van der Waals surface area contributed by atoms with Crippen molar-refractivity contribution in [2.24, 2.45) is 58.2 Å². The van der Waals surface area contributed by atoms with Crippen molar-refractivity contribution in [3.05, 3.63) is 0 Å². The van der Waals surface area contributed by atoms with Gasteiger partial charge in [0.05, 0.1) is 0 Å². The molecule has 0 saturated heterocycles. The molecule has 0 nitrogen and oxygen atoms in total. The van der Waals surface area contributed by atoms with Gasteiger partial charge < -0.3 is 0 Å². The third-order valence-corrected chi connectivity index (χ3v) is 12.0. The molecule has 0 heterocycles. The maximum absolute atomic E-state index is 3.72. The van der Waals surface area contributed by atoms with Crippen molar-refractivity contribution >= 4 is 15.9 Å². The Bertz CT molecular complexity index is 569. The Morgan fingerprint density at radius 3 is 2.30 bits per heavy atom. The summed E-state index contributed by atoms with van der Waals surface area (Å²) in [6.45, 7) is 12.9. The smallest absolute Gasteiger partial charge is 0.00339 e. The number of hydrogen-bond donors (Lipinski definition) is 0. The van der Waals surface area contributed by atoms with Crippen LogP contribution in [0.25, 0.3) is 0 Å². The Morgan fingerprint density at radius 2 is 1.57 bits per heavy atom. The lowest BCUT2D eigenvalue weighted by Crippen LogP contribution is -2.53. The number of rotatable bonds is 7. The van der Waals surface area contributed by atoms with Crippen LogP contribution in [-0.4, -0.2) is 5.33 Å². The fraction of sp³-hybridized carbons (Fsp3) is 1.00. The number of hydrogen-bond acceptors (Lipinski definition) is 0. The maximum atomic E-state index is 3.72. The van der Waals surface area contributed by atoms with Gasteiger partial charge in [0.2, 0.25) is 0 Å². The highest BCUT2D eigenvalue weighted by Gasteiger charge is 2.60. The SMILES string of the molecule is CC(C)CCC[C@@H](C)[C@H]1CC[C@H]2[C@@H]3CC[C@H]4CC(CCBr)CC[C@]4(C)[C@H]3CC[C@]12C. The molecule has 30 heavy (non-hydrogen) atoms. The van der Waals surface area contributed by atoms with E-state index in [1.165, 1.54) is 43.9 Å². The van der Waals surface area contributed by atoms with Gasteiger partial charge in [0.25, 0.3) is 0 Å². The standard InChI is InChI=1S/C29H51Br/c1-20(2)7-6-8-21(3)25-11-12-26-24-10-9-23-19-22(15-18-30)13-16-28(23,4)27(24)14-17-29(25,26)5/h20-27H,6-19H2,1-5H3/t21-,22?,23+,24+,25-,26+,27+,28+,29-/m1/s1. The van der Waals surface area contributed by atoms with Crippen molar-refractivity contribution in [2.75, 3.05) is 5.33 Å². The van der Waals surface area contributed by atoms with Crippen LogP contribution < -0.4 is 0 Å². The van der Waals surface area contributed by atoms with Gasteiger partial charge in [0.15, 0.2) is 0 Å². The second-order valence-electron chi connectivity index (χ2n) is 13.3. The van der Waals surface area contributed by atoms with Crippen molar-refractivity contribution in [3.8, 4) is 0 Å². The van der Waals surface area contributed by atoms with Crippen molar-refractivity contribution in [3.63, 3.8) is 0 Å². The molecule has 174 valence electrons. The molecule has 0 bridgehead atoms. The van der Waals surface area contributed by atoms with E-state index in [0.29, 0.717) is 10.8 Å². The first-order chi connectivity index (χ1) is 14.3. The zero-order chi connectivity index (χ0) is 21.5. The summed E-state index contributed by atoms with van der Waals surface area (Å²) in [5.74, 6) is 8.04. The Balaban J connectivity index is 1.43. The maximum Gasteiger partial charge on any atom is 0.00339 e. The number of halogens is 1. The van der Waals surface area contributed by atoms with Crippen LogP contribution in [0.4, 0.5) is 0 Å². The van der Waals surface area contributed by atoms with Crippen LogP contribution in [0.2, 0.25) is 0 Å². The molecule has 0 spiro atoms. The summed E-state index contributed by atoms with van der Waals surface area (Å²) in [4.78, 5) is 0. The van der Waals surface area contributed by atoms with Crippen LogP contribution in [0.1, 0.15) is 118 Å². The van der Waals surface area contributed by atoms with Gasteiger partial charge in [-0.3, -0.25) is 0 Å². The Labute approximate surface area is 197 Å². The molecule has 4 fully saturated rings. The predicted octanol–water partition coefficient (Wildman–Crippen LogP) is 9.51. The number of fused-ring (bicyclic) bond motifs is 5. The van der Waals surface area contributed by atoms with Gasteiger partial charge in [-0.2, -0.15) is 0 Å². The zero-order valence-electron chi connectivity index (χ0n) is 20.9. The van der Waals surface area contributed by atoms with Gasteiger partial charge in [0.1, 0.15) is 0 Å². The minimum Gasteiger partial charge on any atom is -0.0928 e. The lowest BCUT2D eigenvalue weighted by atomic mass is 9.44. The fourth-order valence-corrected chi connectivity index (χ4v) is 10.4. The Kier molecular flexibility index (Phi) is 7.39. The predicted molar refractivity (Wildman–Crippen MR) is 135 cm³/mol. The van der Waals surface area contributed by atoms with E-state index in [9.17, 15) is 0 Å². The molecule has 0 N–H and O–H groups in total. The van der Waals surface area contributed by atoms with Crippen LogP contribution in [0, 0.1) is 58.2 Å². The van der Waals surface area contributed by atoms with Gasteiger partial charge in [-0.1, -0.05) is 69.8 Å². The molecular formula is C29H51Br. The largest absolute Gasteiger partial charge is 0.0928 e. The van der Waals surface area contributed by atoms with E-state index in [1.54, 1.807) is 44.9 Å². The average molecular weight is 480 g/mol. The normalized spacial score (nSPS) is 46.9. The molecule has 4 aliphatic carbocycles. The highest BCUT2D eigenvalue weighted by atomic mass is 79.9. The lowest BCUT2D eigenvalue weighted by molar-refractivity contribution is -0.121. The molecule has 4 rings (SSSR count). The molecule has 0 aromatic carbocycles. The van der Waals surface area contributed by atoms with E-state index < -0.39 is 0 Å². The van der Waals surface area contributed by atoms with Gasteiger partial charge >= 0.3 is 0 Å². The van der Waals surface area contributed by atoms with Gasteiger partial charge in [-0.05, 0) is 122 Å². The molecule has 0 aromatic heterocycles. The van der Waals surface area contributed by atoms with Crippen molar-refractivity contribution < 1.29 is 0 Å². The topological polar surface area (TPSA) is 0 Å². The summed E-state index contributed by atoms with van der Waals surface area (Å²) < 4.78 is 0. The first kappa shape index (κ1) is 23.6. The monoisotopic (exact) mass is 478 g/mol. The summed E-state index contributed by atoms with van der Waals surface area (Å²) in [7, 11) is 0. The fourth-order valence-electron chi connectivity index (χ4n) is 9.79. The second kappa shape index (κ2) is 9.38. The van der Waals surface area contributed by atoms with E-state index in [1.807, 2.05) is 0 Å². The minimum atomic E-state index is 0.661. The van der Waals surface area contributed by atoms with Crippen molar-refractivity contribution in [2.45, 2.75) is 118 Å². The van der Waals surface area contributed by atoms with Crippen LogP contribution in [0.3, 0.4) is 0 Å². The quantitative estimate of drug-likeness (QED) is 0.319. The summed E-state index contributed by atoms with van der Waals surface area (Å²) in [5, 5.41) is 1.21. The molecule has 1 unspecified atom stereocenters. The molecule has 4 saturated carbocycles. The zero-order valence-corrected chi connectivity index (χ0v) is 22.5. The molecule has 1 heteroatoms. The number of alkyl halides is 1. The summed E-state index contributed by atoms with van der Waals surface area (Å²) in [6, 6.07) is 0. The van der Waals surface area contributed by atoms with Crippen LogP contribution in [0.15, 0.2) is 0 Å². The molecule has 0 aromatic rings. The van der Waals surface area contributed by atoms with Gasteiger partial charge in [0, 0.05) is 5.33 Å². The third kappa shape index (κ3) is 4.21. The van der Waals surface area contributed by atoms with Crippen molar-refractivity contribution in [1.82, 2.24) is 0 Å². The van der Waals surface area contributed by atoms with Crippen LogP contribution in [-0.2, 0) is 0 Å². The molecule has 4 aliphatic rings. The van der Waals surface area contributed by atoms with Crippen LogP contribution >= 0.6 is 15.9 Å². The lowest BCUT2D eigenvalue weighted by Gasteiger charge is -2.61. The van der Waals surface area contributed by atoms with Crippen molar-refractivity contribution in [1.29, 1.82) is 0 Å². The van der Waals surface area contributed by atoms with E-state index in [0.717, 1.165) is 47.3 Å². The first-order valence-electron chi connectivity index (χ1n) is 13.9. The minimum absolute atomic E-state index is 0.661. The second-order valence-corrected chi connectivity index (χ2v) is 14.1. The highest BCUT2D eigenvalue weighted by molar-refractivity contribution is 9.09. The molecule has 0 aliphatic heterocycles. The molecule has 0 radical (unpaired) electrons. The molecule has 0 amide bonds. The summed E-state index contributed by atoms with van der Waals surface area (Å²) in [5.41, 5.74) is 1.34. The van der Waals surface area contributed by atoms with E-state index in [-0.39, 0.29) is 0 Å². The first-order valence-corrected chi connectivity index (χ1v) is 15.0. The van der Waals surface area contributed by atoms with E-state index in [2.05, 4.69) is 50.5 Å². The van der Waals surface area contributed by atoms with Gasteiger partial charge in [-0.15, -0.1) is 0 Å². The molecule has 9 atom stereocenters. The Hall–Kier alpha value is 0.480. The van der Waals surface area contributed by atoms with E-state index in [4.69, 9.17) is 0 Å². The molecular weight excluding hydrogens is 428 g/mol. The Morgan fingerprint density at radius 1 is 0.833 bits per heavy atom. The summed E-state index contributed by atoms with van der Waals surface area (Å²) >= 11 is 3.72. The van der Waals surface area contributed by atoms with E-state index >= 15 is 0 Å². The van der Waals surface area contributed by atoms with Gasteiger partial charge in [-0.25, -0.2) is 0 Å². The highest BCUT2D eigenvalue weighted by Crippen LogP contribution is 2.68. The summed E-state index contributed by atoms with van der Waals surface area (Å²) in [6.07, 6.45) is 19.7.